The van der Waals surface area contributed by atoms with Crippen molar-refractivity contribution in [3.8, 4) is 0 Å². The number of hydrogen-bond acceptors (Lipinski definition) is 7. The van der Waals surface area contributed by atoms with Crippen molar-refractivity contribution in [3.05, 3.63) is 35.5 Å². The Morgan fingerprint density at radius 2 is 1.83 bits per heavy atom. The van der Waals surface area contributed by atoms with Crippen molar-refractivity contribution in [2.24, 2.45) is 4.99 Å². The second-order valence-electron chi connectivity index (χ2n) is 6.97. The first-order chi connectivity index (χ1) is 14.2. The number of anilines is 1. The van der Waals surface area contributed by atoms with Crippen LogP contribution in [0, 0.1) is 0 Å². The van der Waals surface area contributed by atoms with Crippen LogP contribution in [-0.2, 0) is 19.4 Å². The van der Waals surface area contributed by atoms with Gasteiger partial charge >= 0.3 is 0 Å². The van der Waals surface area contributed by atoms with Crippen molar-refractivity contribution in [3.63, 3.8) is 0 Å². The Hall–Kier alpha value is -1.95. The number of aromatic nitrogens is 3. The van der Waals surface area contributed by atoms with Crippen LogP contribution in [0.15, 0.2) is 28.0 Å². The number of aliphatic imine (C=N–C) groups is 1. The van der Waals surface area contributed by atoms with Gasteiger partial charge in [0.2, 0.25) is 5.95 Å². The molecule has 0 unspecified atom stereocenters. The van der Waals surface area contributed by atoms with Crippen LogP contribution in [0.3, 0.4) is 0 Å². The van der Waals surface area contributed by atoms with E-state index in [-0.39, 0.29) is 24.0 Å². The van der Waals surface area contributed by atoms with E-state index in [0.717, 1.165) is 81.0 Å². The van der Waals surface area contributed by atoms with Gasteiger partial charge in [-0.05, 0) is 12.5 Å². The third-order valence-electron chi connectivity index (χ3n) is 5.19. The summed E-state index contributed by atoms with van der Waals surface area (Å²) < 4.78 is 5.43. The Balaban J connectivity index is 0.00000320. The Morgan fingerprint density at radius 1 is 1.10 bits per heavy atom. The maximum absolute atomic E-state index is 5.43. The molecule has 0 aliphatic carbocycles. The number of piperazine rings is 1. The van der Waals surface area contributed by atoms with Crippen LogP contribution >= 0.6 is 24.0 Å². The summed E-state index contributed by atoms with van der Waals surface area (Å²) in [6.45, 7) is 10.6. The molecule has 0 amide bonds. The number of hydrogen-bond donors (Lipinski definition) is 2. The fraction of sp³-hybridized carbons (Fsp3) is 0.600. The summed E-state index contributed by atoms with van der Waals surface area (Å²) in [4.78, 5) is 17.7. The number of nitrogens with one attached hydrogen (secondary N) is 2. The van der Waals surface area contributed by atoms with E-state index in [0.29, 0.717) is 6.54 Å². The highest BCUT2D eigenvalue weighted by Crippen LogP contribution is 2.15. The highest BCUT2D eigenvalue weighted by atomic mass is 127. The third-order valence-corrected chi connectivity index (χ3v) is 5.19. The van der Waals surface area contributed by atoms with E-state index in [1.54, 1.807) is 19.4 Å². The number of nitrogens with zero attached hydrogens (tertiary/aromatic N) is 6. The number of halogens is 1. The first kappa shape index (κ1) is 24.3. The maximum Gasteiger partial charge on any atom is 0.225 e. The van der Waals surface area contributed by atoms with Crippen LogP contribution in [-0.4, -0.2) is 72.3 Å². The normalized spacial score (nSPS) is 15.0. The van der Waals surface area contributed by atoms with Gasteiger partial charge in [0.1, 0.15) is 5.76 Å². The molecule has 1 saturated heterocycles. The fourth-order valence-electron chi connectivity index (χ4n) is 3.49. The van der Waals surface area contributed by atoms with Crippen molar-refractivity contribution in [2.75, 3.05) is 51.2 Å². The van der Waals surface area contributed by atoms with Gasteiger partial charge in [-0.25, -0.2) is 9.97 Å². The summed E-state index contributed by atoms with van der Waals surface area (Å²) in [5, 5.41) is 11.0. The molecule has 0 radical (unpaired) electrons. The SMILES string of the molecule is CCc1noc(CC)c1CNC(=NC)NCCN1CCN(c2ncccn2)CC1.I. The third kappa shape index (κ3) is 6.53. The van der Waals surface area contributed by atoms with E-state index >= 15 is 0 Å². The Morgan fingerprint density at radius 3 is 2.47 bits per heavy atom. The minimum Gasteiger partial charge on any atom is -0.361 e. The molecule has 2 aromatic heterocycles. The lowest BCUT2D eigenvalue weighted by Gasteiger charge is -2.34. The highest BCUT2D eigenvalue weighted by Gasteiger charge is 2.18. The zero-order valence-electron chi connectivity index (χ0n) is 18.1. The fourth-order valence-corrected chi connectivity index (χ4v) is 3.49. The predicted octanol–water partition coefficient (Wildman–Crippen LogP) is 1.69. The second-order valence-corrected chi connectivity index (χ2v) is 6.97. The lowest BCUT2D eigenvalue weighted by Crippen LogP contribution is -2.49. The standard InChI is InChI=1S/C20H32N8O.HI/c1-4-17-16(18(5-2)29-26-17)15-25-19(21-3)22-9-10-27-11-13-28(14-12-27)20-23-7-6-8-24-20;/h6-8H,4-5,9-15H2,1-3H3,(H2,21,22,25);1H. The zero-order chi connectivity index (χ0) is 20.5. The molecule has 9 nitrogen and oxygen atoms in total. The molecule has 0 bridgehead atoms. The van der Waals surface area contributed by atoms with Gasteiger partial charge in [0, 0.05) is 77.2 Å². The molecule has 10 heteroatoms. The van der Waals surface area contributed by atoms with Crippen LogP contribution in [0.1, 0.15) is 30.9 Å². The molecule has 0 atom stereocenters. The molecule has 2 aromatic rings. The number of aryl methyl sites for hydroxylation is 2. The van der Waals surface area contributed by atoms with Gasteiger partial charge in [0.15, 0.2) is 5.96 Å². The van der Waals surface area contributed by atoms with Crippen LogP contribution < -0.4 is 15.5 Å². The van der Waals surface area contributed by atoms with Gasteiger partial charge in [-0.2, -0.15) is 0 Å². The van der Waals surface area contributed by atoms with E-state index in [4.69, 9.17) is 4.52 Å². The summed E-state index contributed by atoms with van der Waals surface area (Å²) >= 11 is 0. The zero-order valence-corrected chi connectivity index (χ0v) is 20.4. The molecule has 0 saturated carbocycles. The van der Waals surface area contributed by atoms with Crippen molar-refractivity contribution >= 4 is 35.9 Å². The quantitative estimate of drug-likeness (QED) is 0.304. The topological polar surface area (TPSA) is 94.7 Å². The van der Waals surface area contributed by atoms with Crippen molar-refractivity contribution in [1.29, 1.82) is 0 Å². The van der Waals surface area contributed by atoms with Gasteiger partial charge in [-0.15, -0.1) is 24.0 Å². The van der Waals surface area contributed by atoms with Gasteiger partial charge in [0.05, 0.1) is 5.69 Å². The van der Waals surface area contributed by atoms with Crippen LogP contribution in [0.25, 0.3) is 0 Å². The van der Waals surface area contributed by atoms with Crippen LogP contribution in [0.2, 0.25) is 0 Å². The second kappa shape index (κ2) is 12.7. The average molecular weight is 528 g/mol. The Kier molecular flexibility index (Phi) is 10.3. The summed E-state index contributed by atoms with van der Waals surface area (Å²) in [5.41, 5.74) is 2.17. The molecule has 1 aliphatic heterocycles. The first-order valence-electron chi connectivity index (χ1n) is 10.4. The maximum atomic E-state index is 5.43. The lowest BCUT2D eigenvalue weighted by molar-refractivity contribution is 0.260. The highest BCUT2D eigenvalue weighted by molar-refractivity contribution is 14.0. The molecule has 0 spiro atoms. The minimum atomic E-state index is 0. The van der Waals surface area contributed by atoms with E-state index in [1.165, 1.54) is 0 Å². The van der Waals surface area contributed by atoms with Crippen molar-refractivity contribution in [2.45, 2.75) is 33.2 Å². The van der Waals surface area contributed by atoms with E-state index in [9.17, 15) is 0 Å². The molecule has 1 fully saturated rings. The molecule has 3 rings (SSSR count). The van der Waals surface area contributed by atoms with Gasteiger partial charge in [-0.1, -0.05) is 19.0 Å². The Bertz CT molecular complexity index is 753. The Labute approximate surface area is 195 Å². The molecule has 0 aromatic carbocycles. The molecule has 3 heterocycles. The van der Waals surface area contributed by atoms with Gasteiger partial charge in [0.25, 0.3) is 0 Å². The van der Waals surface area contributed by atoms with Gasteiger partial charge in [-0.3, -0.25) is 9.89 Å². The van der Waals surface area contributed by atoms with Crippen LogP contribution in [0.5, 0.6) is 0 Å². The predicted molar refractivity (Wildman–Crippen MR) is 130 cm³/mol. The lowest BCUT2D eigenvalue weighted by atomic mass is 10.1. The van der Waals surface area contributed by atoms with Gasteiger partial charge < -0.3 is 20.1 Å². The average Bonchev–Trinajstić information content (AvgIpc) is 3.19. The smallest absolute Gasteiger partial charge is 0.225 e. The summed E-state index contributed by atoms with van der Waals surface area (Å²) in [6.07, 6.45) is 5.30. The van der Waals surface area contributed by atoms with Crippen LogP contribution in [0.4, 0.5) is 5.95 Å². The molecule has 30 heavy (non-hydrogen) atoms. The van der Waals surface area contributed by atoms with E-state index < -0.39 is 0 Å². The summed E-state index contributed by atoms with van der Waals surface area (Å²) in [5.74, 6) is 2.57. The van der Waals surface area contributed by atoms with E-state index in [1.807, 2.05) is 6.07 Å². The first-order valence-corrected chi connectivity index (χ1v) is 10.4. The summed E-state index contributed by atoms with van der Waals surface area (Å²) in [6, 6.07) is 1.85. The monoisotopic (exact) mass is 528 g/mol. The largest absolute Gasteiger partial charge is 0.361 e. The number of rotatable bonds is 8. The molecule has 1 aliphatic rings. The van der Waals surface area contributed by atoms with Crippen molar-refractivity contribution < 1.29 is 4.52 Å². The van der Waals surface area contributed by atoms with Crippen molar-refractivity contribution in [1.82, 2.24) is 30.7 Å². The molecular formula is C20H33IN8O. The number of guanidine groups is 1. The minimum absolute atomic E-state index is 0. The molecule has 166 valence electrons. The molecule has 2 N–H and O–H groups in total. The molecular weight excluding hydrogens is 495 g/mol. The summed E-state index contributed by atoms with van der Waals surface area (Å²) in [7, 11) is 1.79. The van der Waals surface area contributed by atoms with E-state index in [2.05, 4.69) is 54.4 Å².